The normalized spacial score (nSPS) is 12.2. The first-order chi connectivity index (χ1) is 8.17. The third kappa shape index (κ3) is 4.29. The van der Waals surface area contributed by atoms with Crippen LogP contribution < -0.4 is 10.6 Å². The first-order valence-corrected chi connectivity index (χ1v) is 4.99. The molecule has 2 N–H and O–H groups in total. The quantitative estimate of drug-likeness (QED) is 0.372. The van der Waals surface area contributed by atoms with E-state index < -0.39 is 11.5 Å². The summed E-state index contributed by atoms with van der Waals surface area (Å²) >= 11 is 5.73. The summed E-state index contributed by atoms with van der Waals surface area (Å²) in [6, 6.07) is 6.28. The Balaban J connectivity index is 2.62. The van der Waals surface area contributed by atoms with Crippen molar-refractivity contribution in [1.82, 2.24) is 0 Å². The number of esters is 1. The predicted octanol–water partition coefficient (Wildman–Crippen LogP) is 1.29. The highest BCUT2D eigenvalue weighted by atomic mass is 35.5. The molecule has 0 heterocycles. The zero-order chi connectivity index (χ0) is 12.7. The topological polar surface area (TPSA) is 83.1 Å². The van der Waals surface area contributed by atoms with E-state index in [0.717, 1.165) is 0 Å². The fourth-order valence-corrected chi connectivity index (χ4v) is 1.18. The fourth-order valence-electron chi connectivity index (χ4n) is 1.03. The molecule has 0 bridgehead atoms. The molecule has 7 heteroatoms. The van der Waals surface area contributed by atoms with E-state index in [1.54, 1.807) is 24.3 Å². The molecule has 0 amide bonds. The first-order valence-electron chi connectivity index (χ1n) is 4.56. The third-order valence-electron chi connectivity index (χ3n) is 1.76. The van der Waals surface area contributed by atoms with E-state index in [4.69, 9.17) is 16.3 Å². The second kappa shape index (κ2) is 6.72. The summed E-state index contributed by atoms with van der Waals surface area (Å²) in [7, 11) is 1.31. The van der Waals surface area contributed by atoms with Gasteiger partial charge in [-0.3, -0.25) is 0 Å². The Labute approximate surface area is 103 Å². The summed E-state index contributed by atoms with van der Waals surface area (Å²) in [6.45, 7) is 0. The molecule has 1 atom stereocenters. The van der Waals surface area contributed by atoms with Gasteiger partial charge in [-0.25, -0.2) is 4.79 Å². The Morgan fingerprint density at radius 2 is 2.12 bits per heavy atom. The summed E-state index contributed by atoms with van der Waals surface area (Å²) in [5.41, 5.74) is -0.396. The van der Waals surface area contributed by atoms with Crippen LogP contribution in [0, 0.1) is 0 Å². The molecule has 0 aliphatic heterocycles. The molecular formula is C10H11ClN2O4. The van der Waals surface area contributed by atoms with E-state index in [0.29, 0.717) is 11.3 Å². The van der Waals surface area contributed by atoms with E-state index in [1.165, 1.54) is 13.3 Å². The van der Waals surface area contributed by atoms with Crippen LogP contribution in [0.25, 0.3) is 0 Å². The van der Waals surface area contributed by atoms with Crippen molar-refractivity contribution in [2.24, 2.45) is 11.1 Å². The van der Waals surface area contributed by atoms with Gasteiger partial charge < -0.3 is 14.4 Å². The van der Waals surface area contributed by atoms with Gasteiger partial charge in [0.05, 0.1) is 12.7 Å². The second-order valence-corrected chi connectivity index (χ2v) is 3.28. The molecule has 0 aliphatic carbocycles. The molecule has 0 spiro atoms. The van der Waals surface area contributed by atoms with Crippen LogP contribution in [0.3, 0.4) is 0 Å². The number of benzene rings is 1. The lowest BCUT2D eigenvalue weighted by Crippen LogP contribution is -2.11. The van der Waals surface area contributed by atoms with Crippen molar-refractivity contribution in [3.05, 3.63) is 29.8 Å². The van der Waals surface area contributed by atoms with Gasteiger partial charge in [0.2, 0.25) is 5.56 Å². The Hall–Kier alpha value is -1.79. The maximum Gasteiger partial charge on any atom is 0.337 e. The van der Waals surface area contributed by atoms with Crippen molar-refractivity contribution in [3.63, 3.8) is 0 Å². The van der Waals surface area contributed by atoms with Crippen molar-refractivity contribution in [3.8, 4) is 5.75 Å². The van der Waals surface area contributed by atoms with Crippen LogP contribution in [0.5, 0.6) is 5.75 Å². The van der Waals surface area contributed by atoms with Gasteiger partial charge >= 0.3 is 5.97 Å². The molecule has 1 aromatic rings. The SMILES string of the molecule is COC(=O)c1ccc(OC(Cl)/C=N/ON)cc1. The van der Waals surface area contributed by atoms with Crippen LogP contribution in [0.2, 0.25) is 0 Å². The monoisotopic (exact) mass is 258 g/mol. The zero-order valence-corrected chi connectivity index (χ0v) is 9.76. The number of nitrogens with zero attached hydrogens (tertiary/aromatic N) is 1. The zero-order valence-electron chi connectivity index (χ0n) is 9.00. The average molecular weight is 259 g/mol. The van der Waals surface area contributed by atoms with Gasteiger partial charge in [0.1, 0.15) is 12.0 Å². The lowest BCUT2D eigenvalue weighted by molar-refractivity contribution is 0.0600. The number of hydrogen-bond donors (Lipinski definition) is 1. The highest BCUT2D eigenvalue weighted by molar-refractivity contribution is 6.27. The lowest BCUT2D eigenvalue weighted by Gasteiger charge is -2.08. The summed E-state index contributed by atoms with van der Waals surface area (Å²) < 4.78 is 9.77. The second-order valence-electron chi connectivity index (χ2n) is 2.84. The molecule has 0 saturated heterocycles. The van der Waals surface area contributed by atoms with Gasteiger partial charge in [0.25, 0.3) is 0 Å². The van der Waals surface area contributed by atoms with Gasteiger partial charge in [-0.2, -0.15) is 0 Å². The van der Waals surface area contributed by atoms with Crippen LogP contribution in [0.1, 0.15) is 10.4 Å². The van der Waals surface area contributed by atoms with Crippen LogP contribution in [0.15, 0.2) is 29.4 Å². The summed E-state index contributed by atoms with van der Waals surface area (Å²) in [5, 5.41) is 3.25. The minimum absolute atomic E-state index is 0.419. The first kappa shape index (κ1) is 13.3. The van der Waals surface area contributed by atoms with Gasteiger partial charge in [0, 0.05) is 0 Å². The number of methoxy groups -OCH3 is 1. The van der Waals surface area contributed by atoms with E-state index in [9.17, 15) is 4.79 Å². The highest BCUT2D eigenvalue weighted by Crippen LogP contribution is 2.15. The molecule has 92 valence electrons. The number of carbonyl (C=O) groups is 1. The Morgan fingerprint density at radius 1 is 1.47 bits per heavy atom. The standard InChI is InChI=1S/C10H11ClN2O4/c1-15-10(14)7-2-4-8(5-3-7)16-9(11)6-13-17-12/h2-6,9H,12H2,1H3/b13-6+. The van der Waals surface area contributed by atoms with Gasteiger partial charge in [0.15, 0.2) is 0 Å². The van der Waals surface area contributed by atoms with E-state index in [1.807, 2.05) is 0 Å². The molecule has 0 fully saturated rings. The van der Waals surface area contributed by atoms with Crippen LogP contribution in [0.4, 0.5) is 0 Å². The third-order valence-corrected chi connectivity index (χ3v) is 1.96. The molecule has 0 saturated carbocycles. The molecule has 1 aromatic carbocycles. The van der Waals surface area contributed by atoms with Crippen molar-refractivity contribution in [2.45, 2.75) is 5.56 Å². The van der Waals surface area contributed by atoms with Crippen LogP contribution >= 0.6 is 11.6 Å². The van der Waals surface area contributed by atoms with Crippen LogP contribution in [-0.4, -0.2) is 24.9 Å². The minimum Gasteiger partial charge on any atom is -0.469 e. The number of nitrogens with two attached hydrogens (primary N) is 1. The maximum absolute atomic E-state index is 11.1. The van der Waals surface area contributed by atoms with Crippen molar-refractivity contribution in [1.29, 1.82) is 0 Å². The van der Waals surface area contributed by atoms with Crippen molar-refractivity contribution in [2.75, 3.05) is 7.11 Å². The number of rotatable bonds is 5. The molecule has 0 radical (unpaired) electrons. The van der Waals surface area contributed by atoms with Gasteiger partial charge in [-0.1, -0.05) is 16.8 Å². The predicted molar refractivity (Wildman–Crippen MR) is 61.8 cm³/mol. The number of carbonyl (C=O) groups excluding carboxylic acids is 1. The number of hydrogen-bond acceptors (Lipinski definition) is 6. The smallest absolute Gasteiger partial charge is 0.337 e. The van der Waals surface area contributed by atoms with Crippen molar-refractivity contribution < 1.29 is 19.2 Å². The van der Waals surface area contributed by atoms with Crippen molar-refractivity contribution >= 4 is 23.8 Å². The summed E-state index contributed by atoms with van der Waals surface area (Å²) in [5.74, 6) is 4.73. The Bertz CT molecular complexity index is 394. The molecule has 0 aliphatic rings. The number of oxime groups is 1. The summed E-state index contributed by atoms with van der Waals surface area (Å²) in [4.78, 5) is 15.1. The number of ether oxygens (including phenoxy) is 2. The highest BCUT2D eigenvalue weighted by Gasteiger charge is 2.07. The van der Waals surface area contributed by atoms with E-state index >= 15 is 0 Å². The van der Waals surface area contributed by atoms with E-state index in [-0.39, 0.29) is 0 Å². The fraction of sp³-hybridized carbons (Fsp3) is 0.200. The number of alkyl halides is 1. The minimum atomic E-state index is -0.817. The molecule has 0 aromatic heterocycles. The lowest BCUT2D eigenvalue weighted by atomic mass is 10.2. The number of halogens is 1. The van der Waals surface area contributed by atoms with Gasteiger partial charge in [-0.05, 0) is 24.3 Å². The largest absolute Gasteiger partial charge is 0.469 e. The Kier molecular flexibility index (Phi) is 5.25. The molecule has 17 heavy (non-hydrogen) atoms. The molecular weight excluding hydrogens is 248 g/mol. The molecule has 1 unspecified atom stereocenters. The van der Waals surface area contributed by atoms with Gasteiger partial charge in [-0.15, -0.1) is 5.90 Å². The average Bonchev–Trinajstić information content (AvgIpc) is 2.36. The molecule has 1 rings (SSSR count). The summed E-state index contributed by atoms with van der Waals surface area (Å²) in [6.07, 6.45) is 1.18. The van der Waals surface area contributed by atoms with Crippen LogP contribution in [-0.2, 0) is 9.68 Å². The maximum atomic E-state index is 11.1. The van der Waals surface area contributed by atoms with E-state index in [2.05, 4.69) is 20.7 Å². The Morgan fingerprint density at radius 3 is 2.65 bits per heavy atom. The molecule has 6 nitrogen and oxygen atoms in total.